The highest BCUT2D eigenvalue weighted by Gasteiger charge is 2.31. The van der Waals surface area contributed by atoms with E-state index in [1.165, 1.54) is 16.1 Å². The van der Waals surface area contributed by atoms with Gasteiger partial charge in [-0.2, -0.15) is 0 Å². The number of carbonyl (C=O) groups excluding carboxylic acids is 1. The molecule has 2 atom stereocenters. The Morgan fingerprint density at radius 3 is 2.53 bits per heavy atom. The van der Waals surface area contributed by atoms with Crippen LogP contribution in [-0.4, -0.2) is 29.9 Å². The van der Waals surface area contributed by atoms with Crippen molar-refractivity contribution in [2.24, 2.45) is 0 Å². The molecule has 1 N–H and O–H groups in total. The molecule has 6 heteroatoms. The first kappa shape index (κ1) is 18.6. The van der Waals surface area contributed by atoms with E-state index >= 15 is 0 Å². The minimum atomic E-state index is -2.89. The predicted molar refractivity (Wildman–Crippen MR) is 84.1 cm³/mol. The minimum absolute atomic E-state index is 0.128. The summed E-state index contributed by atoms with van der Waals surface area (Å²) in [6.07, 6.45) is 2.82. The number of nitrogens with zero attached hydrogens (tertiary/aromatic N) is 1. The molecule has 0 rings (SSSR count). The highest BCUT2D eigenvalue weighted by molar-refractivity contribution is 8.57. The first-order valence-electron chi connectivity index (χ1n) is 6.61. The van der Waals surface area contributed by atoms with Gasteiger partial charge < -0.3 is 0 Å². The molecule has 0 aliphatic heterocycles. The van der Waals surface area contributed by atoms with E-state index < -0.39 is 6.65 Å². The quantitative estimate of drug-likeness (QED) is 0.578. The second-order valence-corrected chi connectivity index (χ2v) is 9.49. The number of unbranched alkanes of at least 4 members (excludes halogenated alkanes) is 1. The number of rotatable bonds is 7. The molecule has 0 saturated heterocycles. The Morgan fingerprint density at radius 1 is 1.42 bits per heavy atom. The summed E-state index contributed by atoms with van der Waals surface area (Å²) in [4.78, 5) is 12.0. The SMILES string of the molecule is CCCC#CCC(=O)N(C)P(=O)(NC)SC(C)CC. The second kappa shape index (κ2) is 9.47. The summed E-state index contributed by atoms with van der Waals surface area (Å²) in [6, 6.07) is 0. The van der Waals surface area contributed by atoms with Gasteiger partial charge in [-0.05, 0) is 19.9 Å². The maximum Gasteiger partial charge on any atom is 0.294 e. The fourth-order valence-corrected chi connectivity index (χ4v) is 5.68. The molecule has 0 aromatic heterocycles. The highest BCUT2D eigenvalue weighted by Crippen LogP contribution is 2.59. The van der Waals surface area contributed by atoms with Gasteiger partial charge in [0.05, 0.1) is 6.42 Å². The summed E-state index contributed by atoms with van der Waals surface area (Å²) >= 11 is 1.33. The van der Waals surface area contributed by atoms with Crippen LogP contribution >= 0.6 is 18.0 Å². The topological polar surface area (TPSA) is 49.4 Å². The van der Waals surface area contributed by atoms with E-state index in [1.54, 1.807) is 14.1 Å². The Morgan fingerprint density at radius 2 is 2.05 bits per heavy atom. The van der Waals surface area contributed by atoms with Crippen LogP contribution in [0.1, 0.15) is 46.5 Å². The monoisotopic (exact) mass is 304 g/mol. The normalized spacial score (nSPS) is 15.0. The standard InChI is InChI=1S/C13H25N2O2PS/c1-6-8-9-10-11-13(16)15(5)18(17,14-4)19-12(3)7-2/h12H,6-8,11H2,1-5H3,(H,14,17). The Bertz CT molecular complexity index is 390. The Hall–Kier alpha value is -0.430. The van der Waals surface area contributed by atoms with Gasteiger partial charge in [-0.15, -0.1) is 5.92 Å². The first-order valence-corrected chi connectivity index (χ1v) is 9.75. The van der Waals surface area contributed by atoms with Gasteiger partial charge in [0.15, 0.2) is 0 Å². The fourth-order valence-electron chi connectivity index (χ4n) is 1.20. The number of amides is 1. The zero-order valence-electron chi connectivity index (χ0n) is 12.5. The van der Waals surface area contributed by atoms with Gasteiger partial charge >= 0.3 is 0 Å². The van der Waals surface area contributed by atoms with Gasteiger partial charge in [-0.3, -0.25) is 14.0 Å². The molecule has 0 aliphatic rings. The second-order valence-electron chi connectivity index (χ2n) is 4.27. The number of hydrogen-bond donors (Lipinski definition) is 1. The van der Waals surface area contributed by atoms with Crippen molar-refractivity contribution in [3.05, 3.63) is 0 Å². The Kier molecular flexibility index (Phi) is 9.26. The lowest BCUT2D eigenvalue weighted by Gasteiger charge is -2.28. The molecule has 0 aliphatic carbocycles. The van der Waals surface area contributed by atoms with Gasteiger partial charge in [0.25, 0.3) is 6.65 Å². The van der Waals surface area contributed by atoms with E-state index in [9.17, 15) is 9.36 Å². The average Bonchev–Trinajstić information content (AvgIpc) is 2.42. The third kappa shape index (κ3) is 6.51. The van der Waals surface area contributed by atoms with Crippen LogP contribution in [0, 0.1) is 11.8 Å². The third-order valence-electron chi connectivity index (χ3n) is 2.68. The molecule has 0 aromatic rings. The van der Waals surface area contributed by atoms with E-state index in [0.717, 1.165) is 19.3 Å². The van der Waals surface area contributed by atoms with Crippen LogP contribution in [0.3, 0.4) is 0 Å². The molecule has 0 heterocycles. The Labute approximate surface area is 121 Å². The maximum absolute atomic E-state index is 12.7. The molecule has 110 valence electrons. The van der Waals surface area contributed by atoms with Gasteiger partial charge in [-0.25, -0.2) is 5.09 Å². The molecule has 0 spiro atoms. The van der Waals surface area contributed by atoms with Gasteiger partial charge in [0.2, 0.25) is 5.91 Å². The summed E-state index contributed by atoms with van der Waals surface area (Å²) in [5.74, 6) is 5.56. The molecule has 0 fully saturated rings. The molecule has 0 radical (unpaired) electrons. The summed E-state index contributed by atoms with van der Waals surface area (Å²) in [6.45, 7) is 3.19. The number of carbonyl (C=O) groups is 1. The zero-order valence-corrected chi connectivity index (χ0v) is 14.2. The Balaban J connectivity index is 4.66. The van der Waals surface area contributed by atoms with E-state index in [0.29, 0.717) is 0 Å². The van der Waals surface area contributed by atoms with Crippen molar-refractivity contribution >= 4 is 23.9 Å². The molecule has 0 bridgehead atoms. The number of nitrogens with one attached hydrogen (secondary N) is 1. The van der Waals surface area contributed by atoms with Crippen LogP contribution in [0.5, 0.6) is 0 Å². The summed E-state index contributed by atoms with van der Waals surface area (Å²) in [5, 5.41) is 3.04. The van der Waals surface area contributed by atoms with Crippen molar-refractivity contribution in [3.63, 3.8) is 0 Å². The fraction of sp³-hybridized carbons (Fsp3) is 0.769. The maximum atomic E-state index is 12.7. The zero-order chi connectivity index (χ0) is 14.9. The van der Waals surface area contributed by atoms with Crippen molar-refractivity contribution in [1.29, 1.82) is 0 Å². The highest BCUT2D eigenvalue weighted by atomic mass is 32.7. The summed E-state index contributed by atoms with van der Waals surface area (Å²) < 4.78 is 14.0. The molecular formula is C13H25N2O2PS. The van der Waals surface area contributed by atoms with Crippen molar-refractivity contribution in [2.45, 2.75) is 51.7 Å². The first-order chi connectivity index (χ1) is 8.91. The molecule has 1 amide bonds. The van der Waals surface area contributed by atoms with Gasteiger partial charge in [-0.1, -0.05) is 38.1 Å². The van der Waals surface area contributed by atoms with Crippen LogP contribution in [0.4, 0.5) is 0 Å². The summed E-state index contributed by atoms with van der Waals surface area (Å²) in [7, 11) is 3.21. The molecule has 0 aromatic carbocycles. The number of hydrogen-bond acceptors (Lipinski definition) is 3. The van der Waals surface area contributed by atoms with Crippen LogP contribution < -0.4 is 5.09 Å². The predicted octanol–water partition coefficient (Wildman–Crippen LogP) is 3.50. The molecule has 0 saturated carbocycles. The smallest absolute Gasteiger partial charge is 0.275 e. The van der Waals surface area contributed by atoms with Gasteiger partial charge in [0.1, 0.15) is 0 Å². The lowest BCUT2D eigenvalue weighted by atomic mass is 10.3. The van der Waals surface area contributed by atoms with Crippen molar-refractivity contribution in [1.82, 2.24) is 9.76 Å². The van der Waals surface area contributed by atoms with Gasteiger partial charge in [0, 0.05) is 18.7 Å². The third-order valence-corrected chi connectivity index (χ3v) is 8.45. The lowest BCUT2D eigenvalue weighted by Crippen LogP contribution is -2.27. The lowest BCUT2D eigenvalue weighted by molar-refractivity contribution is -0.124. The van der Waals surface area contributed by atoms with E-state index in [1.807, 2.05) is 20.8 Å². The van der Waals surface area contributed by atoms with E-state index in [-0.39, 0.29) is 17.6 Å². The average molecular weight is 304 g/mol. The van der Waals surface area contributed by atoms with Crippen LogP contribution in [0.2, 0.25) is 0 Å². The van der Waals surface area contributed by atoms with E-state index in [2.05, 4.69) is 16.9 Å². The van der Waals surface area contributed by atoms with Crippen LogP contribution in [0.25, 0.3) is 0 Å². The van der Waals surface area contributed by atoms with Crippen LogP contribution in [0.15, 0.2) is 0 Å². The molecule has 4 nitrogen and oxygen atoms in total. The minimum Gasteiger partial charge on any atom is -0.275 e. The largest absolute Gasteiger partial charge is 0.294 e. The molecular weight excluding hydrogens is 279 g/mol. The van der Waals surface area contributed by atoms with Crippen molar-refractivity contribution in [3.8, 4) is 11.8 Å². The van der Waals surface area contributed by atoms with Crippen LogP contribution in [-0.2, 0) is 9.36 Å². The van der Waals surface area contributed by atoms with E-state index in [4.69, 9.17) is 0 Å². The molecule has 19 heavy (non-hydrogen) atoms. The molecule has 2 unspecified atom stereocenters. The van der Waals surface area contributed by atoms with Crippen molar-refractivity contribution < 1.29 is 9.36 Å². The summed E-state index contributed by atoms with van der Waals surface area (Å²) in [5.41, 5.74) is 0. The van der Waals surface area contributed by atoms with Crippen molar-refractivity contribution in [2.75, 3.05) is 14.1 Å².